The predicted octanol–water partition coefficient (Wildman–Crippen LogP) is 2.86. The minimum absolute atomic E-state index is 0.392. The molecule has 3 rings (SSSR count). The third kappa shape index (κ3) is 3.21. The lowest BCUT2D eigenvalue weighted by Crippen LogP contribution is -2.42. The van der Waals surface area contributed by atoms with Crippen molar-refractivity contribution in [2.24, 2.45) is 10.4 Å². The van der Waals surface area contributed by atoms with E-state index in [1.807, 2.05) is 13.1 Å². The summed E-state index contributed by atoms with van der Waals surface area (Å²) in [7, 11) is 1.88. The van der Waals surface area contributed by atoms with Crippen LogP contribution in [0.1, 0.15) is 38.2 Å². The number of nitrogens with one attached hydrogen (secondary N) is 1. The van der Waals surface area contributed by atoms with Gasteiger partial charge in [-0.15, -0.1) is 0 Å². The number of fused-ring (bicyclic) bond motifs is 1. The number of aliphatic imine (C=N–C) groups is 1. The third-order valence-corrected chi connectivity index (χ3v) is 4.78. The van der Waals surface area contributed by atoms with E-state index in [1.54, 1.807) is 0 Å². The highest BCUT2D eigenvalue weighted by molar-refractivity contribution is 5.80. The van der Waals surface area contributed by atoms with Crippen LogP contribution in [0.4, 0.5) is 0 Å². The highest BCUT2D eigenvalue weighted by Crippen LogP contribution is 2.33. The number of benzene rings is 1. The molecule has 1 aromatic rings. The predicted molar refractivity (Wildman–Crippen MR) is 90.6 cm³/mol. The van der Waals surface area contributed by atoms with E-state index in [1.165, 1.54) is 12.0 Å². The van der Waals surface area contributed by atoms with Gasteiger partial charge in [-0.05, 0) is 29.9 Å². The molecule has 0 spiro atoms. The fourth-order valence-electron chi connectivity index (χ4n) is 3.47. The molecule has 1 N–H and O–H groups in total. The fraction of sp³-hybridized carbons (Fsp3) is 0.611. The van der Waals surface area contributed by atoms with Crippen LogP contribution in [0.3, 0.4) is 0 Å². The second kappa shape index (κ2) is 6.19. The van der Waals surface area contributed by atoms with Gasteiger partial charge >= 0.3 is 0 Å². The Morgan fingerprint density at radius 2 is 2.23 bits per heavy atom. The first kappa shape index (κ1) is 15.2. The zero-order chi connectivity index (χ0) is 15.6. The number of ether oxygens (including phenoxy) is 1. The second-order valence-electron chi connectivity index (χ2n) is 7.14. The van der Waals surface area contributed by atoms with Gasteiger partial charge in [-0.25, -0.2) is 0 Å². The lowest BCUT2D eigenvalue weighted by molar-refractivity contribution is 0.266. The summed E-state index contributed by atoms with van der Waals surface area (Å²) in [5.74, 6) is 2.57. The monoisotopic (exact) mass is 301 g/mol. The molecule has 0 bridgehead atoms. The summed E-state index contributed by atoms with van der Waals surface area (Å²) in [5, 5.41) is 3.58. The summed E-state index contributed by atoms with van der Waals surface area (Å²) >= 11 is 0. The zero-order valence-corrected chi connectivity index (χ0v) is 13.9. The summed E-state index contributed by atoms with van der Waals surface area (Å²) in [6.45, 7) is 8.56. The molecule has 1 unspecified atom stereocenters. The van der Waals surface area contributed by atoms with E-state index in [4.69, 9.17) is 4.74 Å². The van der Waals surface area contributed by atoms with Gasteiger partial charge in [-0.3, -0.25) is 4.99 Å². The van der Waals surface area contributed by atoms with Crippen molar-refractivity contribution in [1.82, 2.24) is 10.2 Å². The number of hydrogen-bond acceptors (Lipinski definition) is 2. The summed E-state index contributed by atoms with van der Waals surface area (Å²) in [4.78, 5) is 6.86. The number of likely N-dealkylation sites (tertiary alicyclic amines) is 1. The fourth-order valence-corrected chi connectivity index (χ4v) is 3.47. The van der Waals surface area contributed by atoms with E-state index in [0.29, 0.717) is 11.3 Å². The molecule has 0 aliphatic carbocycles. The normalized spacial score (nSPS) is 23.9. The van der Waals surface area contributed by atoms with Crippen molar-refractivity contribution in [1.29, 1.82) is 0 Å². The Balaban J connectivity index is 1.63. The van der Waals surface area contributed by atoms with Gasteiger partial charge in [-0.2, -0.15) is 0 Å². The first-order valence-corrected chi connectivity index (χ1v) is 8.26. The highest BCUT2D eigenvalue weighted by Gasteiger charge is 2.31. The minimum Gasteiger partial charge on any atom is -0.493 e. The van der Waals surface area contributed by atoms with E-state index >= 15 is 0 Å². The van der Waals surface area contributed by atoms with Crippen molar-refractivity contribution in [3.8, 4) is 5.75 Å². The van der Waals surface area contributed by atoms with Gasteiger partial charge in [-0.1, -0.05) is 32.0 Å². The Kier molecular flexibility index (Phi) is 4.27. The Morgan fingerprint density at radius 1 is 1.41 bits per heavy atom. The van der Waals surface area contributed by atoms with Crippen molar-refractivity contribution in [3.05, 3.63) is 29.8 Å². The number of guanidine groups is 1. The molecule has 1 atom stereocenters. The van der Waals surface area contributed by atoms with Crippen LogP contribution in [0.2, 0.25) is 0 Å². The summed E-state index contributed by atoms with van der Waals surface area (Å²) < 4.78 is 5.75. The number of nitrogens with zero attached hydrogens (tertiary/aromatic N) is 2. The molecular weight excluding hydrogens is 274 g/mol. The summed E-state index contributed by atoms with van der Waals surface area (Å²) in [6, 6.07) is 8.39. The van der Waals surface area contributed by atoms with Crippen LogP contribution in [-0.2, 0) is 0 Å². The van der Waals surface area contributed by atoms with Crippen LogP contribution in [-0.4, -0.2) is 44.1 Å². The molecule has 0 amide bonds. The third-order valence-electron chi connectivity index (χ3n) is 4.78. The molecule has 0 radical (unpaired) electrons. The van der Waals surface area contributed by atoms with Crippen LogP contribution in [0.15, 0.2) is 29.3 Å². The van der Waals surface area contributed by atoms with E-state index < -0.39 is 0 Å². The van der Waals surface area contributed by atoms with E-state index in [0.717, 1.165) is 44.4 Å². The van der Waals surface area contributed by atoms with Crippen LogP contribution >= 0.6 is 0 Å². The molecule has 2 aliphatic rings. The lowest BCUT2D eigenvalue weighted by atomic mass is 9.93. The van der Waals surface area contributed by atoms with Crippen molar-refractivity contribution in [2.45, 2.75) is 32.6 Å². The molecule has 1 saturated heterocycles. The van der Waals surface area contributed by atoms with E-state index in [-0.39, 0.29) is 0 Å². The number of para-hydroxylation sites is 1. The maximum atomic E-state index is 5.75. The number of hydrogen-bond donors (Lipinski definition) is 1. The molecule has 2 aliphatic heterocycles. The average Bonchev–Trinajstić information content (AvgIpc) is 2.88. The van der Waals surface area contributed by atoms with E-state index in [2.05, 4.69) is 47.3 Å². The first-order chi connectivity index (χ1) is 10.6. The molecule has 0 aromatic heterocycles. The van der Waals surface area contributed by atoms with Crippen LogP contribution in [0.5, 0.6) is 5.75 Å². The van der Waals surface area contributed by atoms with Crippen LogP contribution in [0.25, 0.3) is 0 Å². The maximum absolute atomic E-state index is 5.75. The Hall–Kier alpha value is -1.71. The Labute approximate surface area is 133 Å². The van der Waals surface area contributed by atoms with Gasteiger partial charge in [0.15, 0.2) is 5.96 Å². The van der Waals surface area contributed by atoms with E-state index in [9.17, 15) is 0 Å². The standard InChI is InChI=1S/C18H27N3O/c1-18(2)9-10-21(13-18)17(19-3)20-12-14-8-11-22-16-7-5-4-6-15(14)16/h4-7,14H,8-13H2,1-3H3,(H,19,20). The van der Waals surface area contributed by atoms with Crippen molar-refractivity contribution in [3.63, 3.8) is 0 Å². The lowest BCUT2D eigenvalue weighted by Gasteiger charge is -2.29. The van der Waals surface area contributed by atoms with Crippen molar-refractivity contribution in [2.75, 3.05) is 33.3 Å². The molecular formula is C18H27N3O. The highest BCUT2D eigenvalue weighted by atomic mass is 16.5. The molecule has 4 nitrogen and oxygen atoms in total. The second-order valence-corrected chi connectivity index (χ2v) is 7.14. The van der Waals surface area contributed by atoms with Gasteiger partial charge in [0.1, 0.15) is 5.75 Å². The molecule has 0 saturated carbocycles. The minimum atomic E-state index is 0.392. The average molecular weight is 301 g/mol. The molecule has 120 valence electrons. The molecule has 2 heterocycles. The summed E-state index contributed by atoms with van der Waals surface area (Å²) in [5.41, 5.74) is 1.71. The Bertz CT molecular complexity index is 553. The van der Waals surface area contributed by atoms with Gasteiger partial charge in [0.25, 0.3) is 0 Å². The van der Waals surface area contributed by atoms with Gasteiger partial charge < -0.3 is 15.0 Å². The number of rotatable bonds is 2. The van der Waals surface area contributed by atoms with Gasteiger partial charge in [0.05, 0.1) is 6.61 Å². The van der Waals surface area contributed by atoms with Crippen LogP contribution in [0, 0.1) is 5.41 Å². The molecule has 4 heteroatoms. The smallest absolute Gasteiger partial charge is 0.193 e. The topological polar surface area (TPSA) is 36.9 Å². The van der Waals surface area contributed by atoms with Crippen LogP contribution < -0.4 is 10.1 Å². The van der Waals surface area contributed by atoms with Gasteiger partial charge in [0.2, 0.25) is 0 Å². The van der Waals surface area contributed by atoms with Crippen molar-refractivity contribution < 1.29 is 4.74 Å². The molecule has 22 heavy (non-hydrogen) atoms. The first-order valence-electron chi connectivity index (χ1n) is 8.26. The Morgan fingerprint density at radius 3 is 2.95 bits per heavy atom. The molecule has 1 aromatic carbocycles. The quantitative estimate of drug-likeness (QED) is 0.674. The summed E-state index contributed by atoms with van der Waals surface area (Å²) in [6.07, 6.45) is 2.29. The maximum Gasteiger partial charge on any atom is 0.193 e. The largest absolute Gasteiger partial charge is 0.493 e. The molecule has 1 fully saturated rings. The SMILES string of the molecule is CN=C(NCC1CCOc2ccccc21)N1CCC(C)(C)C1. The van der Waals surface area contributed by atoms with Gasteiger partial charge in [0, 0.05) is 32.6 Å². The zero-order valence-electron chi connectivity index (χ0n) is 13.9. The van der Waals surface area contributed by atoms with Crippen molar-refractivity contribution >= 4 is 5.96 Å².